The summed E-state index contributed by atoms with van der Waals surface area (Å²) in [6.45, 7) is 3.19. The van der Waals surface area contributed by atoms with E-state index < -0.39 is 11.7 Å². The van der Waals surface area contributed by atoms with Gasteiger partial charge in [-0.15, -0.1) is 0 Å². The Labute approximate surface area is 128 Å². The van der Waals surface area contributed by atoms with Crippen LogP contribution in [0.15, 0.2) is 24.3 Å². The van der Waals surface area contributed by atoms with Crippen LogP contribution in [0.1, 0.15) is 30.4 Å². The van der Waals surface area contributed by atoms with Crippen LogP contribution in [0.4, 0.5) is 13.2 Å². The largest absolute Gasteiger partial charge is 0.416 e. The molecule has 0 aliphatic carbocycles. The lowest BCUT2D eigenvalue weighted by Crippen LogP contribution is -2.34. The van der Waals surface area contributed by atoms with Gasteiger partial charge < -0.3 is 9.64 Å². The van der Waals surface area contributed by atoms with Crippen LogP contribution in [-0.4, -0.2) is 37.6 Å². The van der Waals surface area contributed by atoms with Crippen molar-refractivity contribution in [2.24, 2.45) is 5.92 Å². The van der Waals surface area contributed by atoms with Crippen molar-refractivity contribution >= 4 is 5.91 Å². The van der Waals surface area contributed by atoms with E-state index in [0.29, 0.717) is 31.7 Å². The molecule has 122 valence electrons. The predicted molar refractivity (Wildman–Crippen MR) is 76.4 cm³/mol. The van der Waals surface area contributed by atoms with Crippen LogP contribution in [0.5, 0.6) is 0 Å². The van der Waals surface area contributed by atoms with Gasteiger partial charge >= 0.3 is 6.18 Å². The van der Waals surface area contributed by atoms with Gasteiger partial charge in [0.05, 0.1) is 18.1 Å². The van der Waals surface area contributed by atoms with Crippen LogP contribution in [0.2, 0.25) is 0 Å². The van der Waals surface area contributed by atoms with Crippen molar-refractivity contribution in [1.82, 2.24) is 4.90 Å². The summed E-state index contributed by atoms with van der Waals surface area (Å²) in [4.78, 5) is 13.9. The van der Waals surface area contributed by atoms with E-state index in [1.807, 2.05) is 0 Å². The lowest BCUT2D eigenvalue weighted by Gasteiger charge is -2.21. The van der Waals surface area contributed by atoms with E-state index in [1.165, 1.54) is 12.1 Å². The molecular formula is C16H20F3NO2. The number of benzene rings is 1. The highest BCUT2D eigenvalue weighted by Gasteiger charge is 2.33. The molecular weight excluding hydrogens is 295 g/mol. The number of carbonyl (C=O) groups is 1. The van der Waals surface area contributed by atoms with Crippen molar-refractivity contribution in [3.63, 3.8) is 0 Å². The van der Waals surface area contributed by atoms with E-state index in [0.717, 1.165) is 6.07 Å². The predicted octanol–water partition coefficient (Wildman–Crippen LogP) is 3.30. The number of carbonyl (C=O) groups excluding carboxylic acids is 1. The van der Waals surface area contributed by atoms with Gasteiger partial charge in [-0.1, -0.05) is 25.1 Å². The molecule has 1 fully saturated rings. The molecule has 0 N–H and O–H groups in total. The van der Waals surface area contributed by atoms with Gasteiger partial charge in [0.1, 0.15) is 0 Å². The van der Waals surface area contributed by atoms with Gasteiger partial charge in [-0.05, 0) is 18.1 Å². The number of hydrogen-bond donors (Lipinski definition) is 0. The second kappa shape index (κ2) is 6.69. The Hall–Kier alpha value is -1.56. The number of methoxy groups -OCH3 is 1. The highest BCUT2D eigenvalue weighted by atomic mass is 19.4. The molecule has 1 aromatic carbocycles. The van der Waals surface area contributed by atoms with Crippen LogP contribution in [0.3, 0.4) is 0 Å². The third-order valence-electron chi connectivity index (χ3n) is 4.02. The average Bonchev–Trinajstić information content (AvgIpc) is 2.95. The quantitative estimate of drug-likeness (QED) is 0.853. The fourth-order valence-electron chi connectivity index (χ4n) is 2.83. The van der Waals surface area contributed by atoms with E-state index in [4.69, 9.17) is 4.74 Å². The van der Waals surface area contributed by atoms with Crippen molar-refractivity contribution in [2.45, 2.75) is 25.4 Å². The molecule has 1 aliphatic rings. The Bertz CT molecular complexity index is 530. The number of rotatable bonds is 4. The van der Waals surface area contributed by atoms with Gasteiger partial charge in [0, 0.05) is 26.1 Å². The monoisotopic (exact) mass is 315 g/mol. The molecule has 0 unspecified atom stereocenters. The number of halogens is 3. The maximum atomic E-state index is 12.8. The van der Waals surface area contributed by atoms with Crippen LogP contribution >= 0.6 is 0 Å². The third kappa shape index (κ3) is 3.80. The highest BCUT2D eigenvalue weighted by molar-refractivity contribution is 5.79. The lowest BCUT2D eigenvalue weighted by molar-refractivity contribution is -0.138. The summed E-state index contributed by atoms with van der Waals surface area (Å²) in [5.41, 5.74) is 0.00653. The molecule has 6 heteroatoms. The number of amides is 1. The summed E-state index contributed by atoms with van der Waals surface area (Å²) in [6, 6.07) is 5.39. The summed E-state index contributed by atoms with van der Waals surface area (Å²) >= 11 is 0. The van der Waals surface area contributed by atoms with Crippen LogP contribution in [0, 0.1) is 5.92 Å². The minimum atomic E-state index is -4.34. The van der Waals surface area contributed by atoms with Gasteiger partial charge in [-0.3, -0.25) is 4.79 Å². The van der Waals surface area contributed by atoms with Crippen molar-refractivity contribution in [2.75, 3.05) is 26.8 Å². The zero-order valence-electron chi connectivity index (χ0n) is 12.7. The molecule has 22 heavy (non-hydrogen) atoms. The number of alkyl halides is 3. The van der Waals surface area contributed by atoms with Gasteiger partial charge in [0.2, 0.25) is 5.91 Å². The summed E-state index contributed by atoms with van der Waals surface area (Å²) in [7, 11) is 1.54. The molecule has 0 saturated carbocycles. The molecule has 1 saturated heterocycles. The molecule has 0 aromatic heterocycles. The summed E-state index contributed by atoms with van der Waals surface area (Å²) < 4.78 is 43.3. The normalized spacial score (nSPS) is 20.2. The first-order chi connectivity index (χ1) is 10.3. The van der Waals surface area contributed by atoms with E-state index >= 15 is 0 Å². The maximum Gasteiger partial charge on any atom is 0.416 e. The SMILES string of the molecule is COC[C@@H](C)C(=O)N1CC[C@@H](c2cccc(C(F)(F)F)c2)C1. The van der Waals surface area contributed by atoms with Crippen LogP contribution in [0.25, 0.3) is 0 Å². The van der Waals surface area contributed by atoms with Gasteiger partial charge in [-0.25, -0.2) is 0 Å². The highest BCUT2D eigenvalue weighted by Crippen LogP contribution is 2.34. The van der Waals surface area contributed by atoms with Crippen molar-refractivity contribution in [3.8, 4) is 0 Å². The smallest absolute Gasteiger partial charge is 0.384 e. The first-order valence-electron chi connectivity index (χ1n) is 7.27. The minimum absolute atomic E-state index is 0.00340. The zero-order chi connectivity index (χ0) is 16.3. The Morgan fingerprint density at radius 3 is 2.82 bits per heavy atom. The summed E-state index contributed by atoms with van der Waals surface area (Å²) in [5.74, 6) is -0.275. The zero-order valence-corrected chi connectivity index (χ0v) is 12.7. The minimum Gasteiger partial charge on any atom is -0.384 e. The first-order valence-corrected chi connectivity index (χ1v) is 7.27. The molecule has 2 rings (SSSR count). The molecule has 0 bridgehead atoms. The van der Waals surface area contributed by atoms with Gasteiger partial charge in [0.25, 0.3) is 0 Å². The average molecular weight is 315 g/mol. The Balaban J connectivity index is 2.06. The number of likely N-dealkylation sites (tertiary alicyclic amines) is 1. The van der Waals surface area contributed by atoms with Crippen molar-refractivity contribution < 1.29 is 22.7 Å². The number of ether oxygens (including phenoxy) is 1. The molecule has 2 atom stereocenters. The number of hydrogen-bond acceptors (Lipinski definition) is 2. The van der Waals surface area contributed by atoms with E-state index in [9.17, 15) is 18.0 Å². The van der Waals surface area contributed by atoms with E-state index in [2.05, 4.69) is 0 Å². The molecule has 1 aliphatic heterocycles. The van der Waals surface area contributed by atoms with Crippen molar-refractivity contribution in [1.29, 1.82) is 0 Å². The summed E-state index contributed by atoms with van der Waals surface area (Å²) in [6.07, 6.45) is -3.65. The maximum absolute atomic E-state index is 12.8. The molecule has 0 spiro atoms. The summed E-state index contributed by atoms with van der Waals surface area (Å²) in [5, 5.41) is 0. The fraction of sp³-hybridized carbons (Fsp3) is 0.562. The molecule has 1 amide bonds. The number of nitrogens with zero attached hydrogens (tertiary/aromatic N) is 1. The second-order valence-electron chi connectivity index (χ2n) is 5.75. The van der Waals surface area contributed by atoms with E-state index in [1.54, 1.807) is 25.0 Å². The van der Waals surface area contributed by atoms with E-state index in [-0.39, 0.29) is 17.7 Å². The first kappa shape index (κ1) is 16.8. The lowest BCUT2D eigenvalue weighted by atomic mass is 9.96. The van der Waals surface area contributed by atoms with Crippen LogP contribution in [-0.2, 0) is 15.7 Å². The van der Waals surface area contributed by atoms with Crippen molar-refractivity contribution in [3.05, 3.63) is 35.4 Å². The topological polar surface area (TPSA) is 29.5 Å². The third-order valence-corrected chi connectivity index (χ3v) is 4.02. The molecule has 1 aromatic rings. The van der Waals surface area contributed by atoms with Crippen LogP contribution < -0.4 is 0 Å². The van der Waals surface area contributed by atoms with Gasteiger partial charge in [0.15, 0.2) is 0 Å². The molecule has 0 radical (unpaired) electrons. The molecule has 1 heterocycles. The van der Waals surface area contributed by atoms with Gasteiger partial charge in [-0.2, -0.15) is 13.2 Å². The Morgan fingerprint density at radius 1 is 1.45 bits per heavy atom. The Kier molecular flexibility index (Phi) is 5.11. The standard InChI is InChI=1S/C16H20F3NO2/c1-11(10-22-2)15(21)20-7-6-13(9-20)12-4-3-5-14(8-12)16(17,18)19/h3-5,8,11,13H,6-7,9-10H2,1-2H3/t11-,13-/m1/s1. The second-order valence-corrected chi connectivity index (χ2v) is 5.75. The Morgan fingerprint density at radius 2 is 2.18 bits per heavy atom. The fourth-order valence-corrected chi connectivity index (χ4v) is 2.83. The molecule has 3 nitrogen and oxygen atoms in total.